The lowest BCUT2D eigenvalue weighted by Gasteiger charge is -2.09. The number of pyridine rings is 1. The fourth-order valence-electron chi connectivity index (χ4n) is 0.888. The van der Waals surface area contributed by atoms with Crippen molar-refractivity contribution in [1.82, 2.24) is 4.98 Å². The summed E-state index contributed by atoms with van der Waals surface area (Å²) in [5, 5.41) is 2.16. The van der Waals surface area contributed by atoms with Crippen LogP contribution < -0.4 is 5.32 Å². The SMILES string of the molecule is Cc1ccncc1NC(=O)OCC(F)(F)F. The summed E-state index contributed by atoms with van der Waals surface area (Å²) in [5.74, 6) is 0. The molecule has 0 radical (unpaired) electrons. The maximum Gasteiger partial charge on any atom is 0.422 e. The quantitative estimate of drug-likeness (QED) is 0.855. The van der Waals surface area contributed by atoms with E-state index in [9.17, 15) is 18.0 Å². The van der Waals surface area contributed by atoms with Crippen molar-refractivity contribution < 1.29 is 22.7 Å². The Balaban J connectivity index is 2.50. The molecule has 0 saturated carbocycles. The van der Waals surface area contributed by atoms with Crippen LogP contribution in [-0.2, 0) is 4.74 Å². The molecule has 1 rings (SSSR count). The lowest BCUT2D eigenvalue weighted by Crippen LogP contribution is -2.23. The molecular weight excluding hydrogens is 225 g/mol. The average Bonchev–Trinajstić information content (AvgIpc) is 2.18. The van der Waals surface area contributed by atoms with Crippen LogP contribution in [0.15, 0.2) is 18.5 Å². The second kappa shape index (κ2) is 4.82. The van der Waals surface area contributed by atoms with Crippen LogP contribution in [0.25, 0.3) is 0 Å². The van der Waals surface area contributed by atoms with Crippen molar-refractivity contribution in [3.8, 4) is 0 Å². The Bertz CT molecular complexity index is 379. The first kappa shape index (κ1) is 12.3. The zero-order valence-electron chi connectivity index (χ0n) is 8.34. The van der Waals surface area contributed by atoms with Gasteiger partial charge < -0.3 is 4.74 Å². The first-order valence-electron chi connectivity index (χ1n) is 4.29. The highest BCUT2D eigenvalue weighted by Gasteiger charge is 2.29. The average molecular weight is 234 g/mol. The molecule has 1 amide bonds. The summed E-state index contributed by atoms with van der Waals surface area (Å²) in [6, 6.07) is 1.61. The van der Waals surface area contributed by atoms with Crippen LogP contribution in [0.4, 0.5) is 23.7 Å². The largest absolute Gasteiger partial charge is 0.440 e. The standard InChI is InChI=1S/C9H9F3N2O2/c1-6-2-3-13-4-7(6)14-8(15)16-5-9(10,11)12/h2-4H,5H2,1H3,(H,14,15). The van der Waals surface area contributed by atoms with E-state index in [2.05, 4.69) is 15.0 Å². The molecule has 0 unspecified atom stereocenters. The fourth-order valence-corrected chi connectivity index (χ4v) is 0.888. The van der Waals surface area contributed by atoms with Gasteiger partial charge in [0.05, 0.1) is 11.9 Å². The number of aryl methyl sites for hydroxylation is 1. The number of nitrogens with one attached hydrogen (secondary N) is 1. The van der Waals surface area contributed by atoms with E-state index in [1.807, 2.05) is 0 Å². The van der Waals surface area contributed by atoms with Crippen molar-refractivity contribution in [2.45, 2.75) is 13.1 Å². The van der Waals surface area contributed by atoms with Crippen molar-refractivity contribution in [3.63, 3.8) is 0 Å². The van der Waals surface area contributed by atoms with E-state index in [1.165, 1.54) is 12.4 Å². The Morgan fingerprint density at radius 3 is 2.81 bits per heavy atom. The van der Waals surface area contributed by atoms with Gasteiger partial charge in [-0.15, -0.1) is 0 Å². The zero-order valence-corrected chi connectivity index (χ0v) is 8.34. The predicted molar refractivity (Wildman–Crippen MR) is 50.0 cm³/mol. The highest BCUT2D eigenvalue weighted by molar-refractivity contribution is 5.85. The summed E-state index contributed by atoms with van der Waals surface area (Å²) in [6.45, 7) is 0.0686. The molecule has 1 aromatic heterocycles. The van der Waals surface area contributed by atoms with Gasteiger partial charge in [0.2, 0.25) is 0 Å². The molecular formula is C9H9F3N2O2. The Hall–Kier alpha value is -1.79. The van der Waals surface area contributed by atoms with E-state index in [0.717, 1.165) is 0 Å². The molecule has 0 fully saturated rings. The van der Waals surface area contributed by atoms with Crippen molar-refractivity contribution in [1.29, 1.82) is 0 Å². The molecule has 0 aromatic carbocycles. The molecule has 0 saturated heterocycles. The van der Waals surface area contributed by atoms with Crippen LogP contribution >= 0.6 is 0 Å². The number of carbonyl (C=O) groups excluding carboxylic acids is 1. The number of rotatable bonds is 2. The first-order chi connectivity index (χ1) is 7.38. The Labute approximate surface area is 89.4 Å². The number of ether oxygens (including phenoxy) is 1. The van der Waals surface area contributed by atoms with Crippen molar-refractivity contribution >= 4 is 11.8 Å². The summed E-state index contributed by atoms with van der Waals surface area (Å²) in [4.78, 5) is 14.7. The van der Waals surface area contributed by atoms with E-state index in [-0.39, 0.29) is 0 Å². The molecule has 0 bridgehead atoms. The molecule has 4 nitrogen and oxygen atoms in total. The topological polar surface area (TPSA) is 51.2 Å². The van der Waals surface area contributed by atoms with Gasteiger partial charge in [-0.1, -0.05) is 0 Å². The van der Waals surface area contributed by atoms with Gasteiger partial charge in [0.1, 0.15) is 0 Å². The number of hydrogen-bond acceptors (Lipinski definition) is 3. The summed E-state index contributed by atoms with van der Waals surface area (Å²) in [7, 11) is 0. The molecule has 0 spiro atoms. The third-order valence-corrected chi connectivity index (χ3v) is 1.64. The fraction of sp³-hybridized carbons (Fsp3) is 0.333. The lowest BCUT2D eigenvalue weighted by atomic mass is 10.2. The number of hydrogen-bond donors (Lipinski definition) is 1. The van der Waals surface area contributed by atoms with Crippen molar-refractivity contribution in [2.75, 3.05) is 11.9 Å². The third kappa shape index (κ3) is 4.16. The second-order valence-corrected chi connectivity index (χ2v) is 3.01. The van der Waals surface area contributed by atoms with Crippen LogP contribution in [0.2, 0.25) is 0 Å². The molecule has 0 atom stereocenters. The number of halogens is 3. The van der Waals surface area contributed by atoms with Crippen molar-refractivity contribution in [2.24, 2.45) is 0 Å². The van der Waals surface area contributed by atoms with Gasteiger partial charge in [0.25, 0.3) is 0 Å². The van der Waals surface area contributed by atoms with Crippen LogP contribution in [0.1, 0.15) is 5.56 Å². The zero-order chi connectivity index (χ0) is 12.2. The van der Waals surface area contributed by atoms with Crippen LogP contribution in [-0.4, -0.2) is 23.9 Å². The smallest absolute Gasteiger partial charge is 0.422 e. The van der Waals surface area contributed by atoms with Crippen LogP contribution in [0, 0.1) is 6.92 Å². The van der Waals surface area contributed by atoms with Crippen LogP contribution in [0.5, 0.6) is 0 Å². The number of anilines is 1. The van der Waals surface area contributed by atoms with E-state index >= 15 is 0 Å². The molecule has 1 N–H and O–H groups in total. The van der Waals surface area contributed by atoms with E-state index < -0.39 is 18.9 Å². The summed E-state index contributed by atoms with van der Waals surface area (Å²) < 4.78 is 39.1. The van der Waals surface area contributed by atoms with E-state index in [0.29, 0.717) is 11.3 Å². The molecule has 7 heteroatoms. The predicted octanol–water partition coefficient (Wildman–Crippen LogP) is 2.50. The summed E-state index contributed by atoms with van der Waals surface area (Å²) >= 11 is 0. The van der Waals surface area contributed by atoms with Gasteiger partial charge >= 0.3 is 12.3 Å². The lowest BCUT2D eigenvalue weighted by molar-refractivity contribution is -0.159. The Morgan fingerprint density at radius 1 is 1.56 bits per heavy atom. The monoisotopic (exact) mass is 234 g/mol. The van der Waals surface area contributed by atoms with Gasteiger partial charge in [-0.25, -0.2) is 4.79 Å². The molecule has 1 aromatic rings. The Morgan fingerprint density at radius 2 is 2.25 bits per heavy atom. The minimum Gasteiger partial charge on any atom is -0.440 e. The van der Waals surface area contributed by atoms with E-state index in [1.54, 1.807) is 13.0 Å². The third-order valence-electron chi connectivity index (χ3n) is 1.64. The first-order valence-corrected chi connectivity index (χ1v) is 4.29. The van der Waals surface area contributed by atoms with Gasteiger partial charge in [-0.2, -0.15) is 13.2 Å². The molecule has 1 heterocycles. The second-order valence-electron chi connectivity index (χ2n) is 3.01. The number of alkyl halides is 3. The van der Waals surface area contributed by atoms with Gasteiger partial charge in [0, 0.05) is 6.20 Å². The highest BCUT2D eigenvalue weighted by Crippen LogP contribution is 2.16. The molecule has 16 heavy (non-hydrogen) atoms. The minimum absolute atomic E-state index is 0.315. The number of nitrogens with zero attached hydrogens (tertiary/aromatic N) is 1. The summed E-state index contributed by atoms with van der Waals surface area (Å²) in [5.41, 5.74) is 0.994. The number of aromatic nitrogens is 1. The molecule has 0 aliphatic carbocycles. The highest BCUT2D eigenvalue weighted by atomic mass is 19.4. The van der Waals surface area contributed by atoms with Crippen molar-refractivity contribution in [3.05, 3.63) is 24.0 Å². The van der Waals surface area contributed by atoms with E-state index in [4.69, 9.17) is 0 Å². The number of amides is 1. The minimum atomic E-state index is -4.53. The normalized spacial score (nSPS) is 11.0. The molecule has 88 valence electrons. The van der Waals surface area contributed by atoms with Crippen LogP contribution in [0.3, 0.4) is 0 Å². The Kier molecular flexibility index (Phi) is 3.70. The van der Waals surface area contributed by atoms with Gasteiger partial charge in [0.15, 0.2) is 6.61 Å². The maximum absolute atomic E-state index is 11.7. The van der Waals surface area contributed by atoms with Gasteiger partial charge in [-0.3, -0.25) is 10.3 Å². The maximum atomic E-state index is 11.7. The molecule has 0 aliphatic rings. The van der Waals surface area contributed by atoms with Gasteiger partial charge in [-0.05, 0) is 18.6 Å². The number of carbonyl (C=O) groups is 1. The molecule has 0 aliphatic heterocycles. The summed E-state index contributed by atoms with van der Waals surface area (Å²) in [6.07, 6.45) is -2.86.